The number of hydrogen-bond donors (Lipinski definition) is 0. The molecule has 1 amide bonds. The Hall–Kier alpha value is -0.250. The third-order valence-corrected chi connectivity index (χ3v) is 1.41. The second-order valence-corrected chi connectivity index (χ2v) is 2.61. The predicted molar refractivity (Wildman–Crippen MR) is 43.4 cm³/mol. The van der Waals surface area contributed by atoms with Gasteiger partial charge in [-0.15, -0.1) is 0 Å². The number of alkyl halides is 1. The van der Waals surface area contributed by atoms with Gasteiger partial charge in [0, 0.05) is 18.9 Å². The normalized spacial score (nSPS) is 9.10. The van der Waals surface area contributed by atoms with Crippen molar-refractivity contribution in [2.45, 2.75) is 6.92 Å². The van der Waals surface area contributed by atoms with Crippen LogP contribution >= 0.6 is 15.9 Å². The highest BCUT2D eigenvalue weighted by Crippen LogP contribution is 1.90. The van der Waals surface area contributed by atoms with E-state index in [2.05, 4.69) is 15.9 Å². The maximum Gasteiger partial charge on any atom is 0.409 e. The third kappa shape index (κ3) is 3.71. The molecule has 0 rings (SSSR count). The van der Waals surface area contributed by atoms with Gasteiger partial charge in [0.05, 0.1) is 0 Å². The van der Waals surface area contributed by atoms with E-state index in [1.54, 1.807) is 7.05 Å². The molecule has 60 valence electrons. The van der Waals surface area contributed by atoms with E-state index in [1.165, 1.54) is 4.90 Å². The lowest BCUT2D eigenvalue weighted by molar-refractivity contribution is 0.119. The summed E-state index contributed by atoms with van der Waals surface area (Å²) in [5.74, 6) is 0. The second kappa shape index (κ2) is 5.53. The van der Waals surface area contributed by atoms with E-state index in [0.29, 0.717) is 18.5 Å². The van der Waals surface area contributed by atoms with E-state index in [1.807, 2.05) is 6.92 Å². The molecule has 0 saturated heterocycles. The summed E-state index contributed by atoms with van der Waals surface area (Å²) in [6.45, 7) is 3.01. The molecule has 4 heteroatoms. The molecular formula is C6H12BrNO2. The van der Waals surface area contributed by atoms with Crippen LogP contribution in [0.3, 0.4) is 0 Å². The summed E-state index contributed by atoms with van der Waals surface area (Å²) < 4.78 is 4.78. The fraction of sp³-hybridized carbons (Fsp3) is 0.833. The number of carbonyl (C=O) groups excluding carboxylic acids is 1. The Morgan fingerprint density at radius 1 is 1.70 bits per heavy atom. The molecule has 3 nitrogen and oxygen atoms in total. The molecule has 0 radical (unpaired) electrons. The van der Waals surface area contributed by atoms with Crippen LogP contribution in [0.2, 0.25) is 0 Å². The van der Waals surface area contributed by atoms with E-state index < -0.39 is 0 Å². The third-order valence-electron chi connectivity index (χ3n) is 1.09. The number of halogens is 1. The Morgan fingerprint density at radius 3 is 2.70 bits per heavy atom. The Morgan fingerprint density at radius 2 is 2.30 bits per heavy atom. The van der Waals surface area contributed by atoms with Crippen molar-refractivity contribution in [2.75, 3.05) is 25.5 Å². The number of amides is 1. The fourth-order valence-corrected chi connectivity index (χ4v) is 0.527. The van der Waals surface area contributed by atoms with Gasteiger partial charge in [0.25, 0.3) is 0 Å². The van der Waals surface area contributed by atoms with Crippen LogP contribution in [0.1, 0.15) is 6.92 Å². The van der Waals surface area contributed by atoms with Crippen molar-refractivity contribution >= 4 is 22.0 Å². The Labute approximate surface area is 69.5 Å². The van der Waals surface area contributed by atoms with Gasteiger partial charge in [-0.2, -0.15) is 0 Å². The van der Waals surface area contributed by atoms with Crippen molar-refractivity contribution in [3.63, 3.8) is 0 Å². The van der Waals surface area contributed by atoms with Gasteiger partial charge in [-0.25, -0.2) is 4.79 Å². The van der Waals surface area contributed by atoms with E-state index >= 15 is 0 Å². The summed E-state index contributed by atoms with van der Waals surface area (Å²) in [6.07, 6.45) is -0.262. The zero-order valence-corrected chi connectivity index (χ0v) is 7.85. The molecule has 0 aliphatic rings. The minimum Gasteiger partial charge on any atom is -0.449 e. The van der Waals surface area contributed by atoms with Crippen LogP contribution in [0.15, 0.2) is 0 Å². The van der Waals surface area contributed by atoms with Gasteiger partial charge in [0.2, 0.25) is 0 Å². The van der Waals surface area contributed by atoms with Crippen LogP contribution < -0.4 is 0 Å². The maximum absolute atomic E-state index is 10.8. The molecule has 0 heterocycles. The molecule has 10 heavy (non-hydrogen) atoms. The van der Waals surface area contributed by atoms with E-state index in [4.69, 9.17) is 4.74 Å². The topological polar surface area (TPSA) is 29.5 Å². The fourth-order valence-electron chi connectivity index (χ4n) is 0.365. The average molecular weight is 210 g/mol. The number of nitrogens with zero attached hydrogens (tertiary/aromatic N) is 1. The summed E-state index contributed by atoms with van der Waals surface area (Å²) in [7, 11) is 1.70. The zero-order valence-electron chi connectivity index (χ0n) is 6.26. The van der Waals surface area contributed by atoms with Crippen molar-refractivity contribution in [3.05, 3.63) is 0 Å². The smallest absolute Gasteiger partial charge is 0.409 e. The summed E-state index contributed by atoms with van der Waals surface area (Å²) in [6, 6.07) is 0. The lowest BCUT2D eigenvalue weighted by atomic mass is 10.7. The summed E-state index contributed by atoms with van der Waals surface area (Å²) in [5, 5.41) is 0.691. The molecule has 0 saturated carbocycles. The molecule has 0 unspecified atom stereocenters. The standard InChI is InChI=1S/C6H12BrNO2/c1-3-8(2)6(9)10-5-4-7/h3-5H2,1-2H3. The summed E-state index contributed by atoms with van der Waals surface area (Å²) >= 11 is 3.15. The van der Waals surface area contributed by atoms with Gasteiger partial charge >= 0.3 is 6.09 Å². The van der Waals surface area contributed by atoms with Gasteiger partial charge in [-0.1, -0.05) is 15.9 Å². The molecule has 0 aromatic heterocycles. The number of ether oxygens (including phenoxy) is 1. The minimum atomic E-state index is -0.262. The SMILES string of the molecule is CCN(C)C(=O)OCCBr. The second-order valence-electron chi connectivity index (χ2n) is 1.82. The van der Waals surface area contributed by atoms with Crippen molar-refractivity contribution in [3.8, 4) is 0 Å². The molecule has 0 aromatic carbocycles. The molecule has 0 fully saturated rings. The molecule has 0 atom stereocenters. The largest absolute Gasteiger partial charge is 0.449 e. The molecule has 0 aliphatic heterocycles. The van der Waals surface area contributed by atoms with Crippen LogP contribution in [0, 0.1) is 0 Å². The van der Waals surface area contributed by atoms with Crippen LogP contribution in [0.4, 0.5) is 4.79 Å². The first-order chi connectivity index (χ1) is 4.72. The summed E-state index contributed by atoms with van der Waals surface area (Å²) in [4.78, 5) is 12.3. The Bertz CT molecular complexity index is 108. The predicted octanol–water partition coefficient (Wildman–Crippen LogP) is 1.47. The first-order valence-corrected chi connectivity index (χ1v) is 4.28. The van der Waals surface area contributed by atoms with Gasteiger partial charge in [0.1, 0.15) is 6.61 Å². The van der Waals surface area contributed by atoms with E-state index in [9.17, 15) is 4.79 Å². The van der Waals surface area contributed by atoms with Crippen molar-refractivity contribution in [1.82, 2.24) is 4.90 Å². The monoisotopic (exact) mass is 209 g/mol. The highest BCUT2D eigenvalue weighted by Gasteiger charge is 2.05. The molecule has 0 aromatic rings. The van der Waals surface area contributed by atoms with Crippen molar-refractivity contribution in [1.29, 1.82) is 0 Å². The molecular weight excluding hydrogens is 198 g/mol. The number of carbonyl (C=O) groups is 1. The molecule has 0 spiro atoms. The lowest BCUT2D eigenvalue weighted by Gasteiger charge is -2.13. The number of hydrogen-bond acceptors (Lipinski definition) is 2. The minimum absolute atomic E-state index is 0.262. The van der Waals surface area contributed by atoms with Crippen LogP contribution in [-0.4, -0.2) is 36.5 Å². The van der Waals surface area contributed by atoms with Gasteiger partial charge < -0.3 is 9.64 Å². The van der Waals surface area contributed by atoms with E-state index in [-0.39, 0.29) is 6.09 Å². The number of rotatable bonds is 3. The average Bonchev–Trinajstić information content (AvgIpc) is 1.98. The lowest BCUT2D eigenvalue weighted by Crippen LogP contribution is -2.27. The zero-order chi connectivity index (χ0) is 7.98. The van der Waals surface area contributed by atoms with Gasteiger partial charge in [0.15, 0.2) is 0 Å². The first-order valence-electron chi connectivity index (χ1n) is 3.16. The Kier molecular flexibility index (Phi) is 5.39. The van der Waals surface area contributed by atoms with Crippen LogP contribution in [-0.2, 0) is 4.74 Å². The molecule has 0 aliphatic carbocycles. The highest BCUT2D eigenvalue weighted by molar-refractivity contribution is 9.09. The molecule has 0 N–H and O–H groups in total. The van der Waals surface area contributed by atoms with Crippen molar-refractivity contribution < 1.29 is 9.53 Å². The van der Waals surface area contributed by atoms with E-state index in [0.717, 1.165) is 0 Å². The molecule has 0 bridgehead atoms. The van der Waals surface area contributed by atoms with Crippen LogP contribution in [0.25, 0.3) is 0 Å². The maximum atomic E-state index is 10.8. The Balaban J connectivity index is 3.42. The van der Waals surface area contributed by atoms with Crippen LogP contribution in [0.5, 0.6) is 0 Å². The van der Waals surface area contributed by atoms with Crippen molar-refractivity contribution in [2.24, 2.45) is 0 Å². The first kappa shape index (κ1) is 9.75. The van der Waals surface area contributed by atoms with Gasteiger partial charge in [-0.3, -0.25) is 0 Å². The summed E-state index contributed by atoms with van der Waals surface area (Å²) in [5.41, 5.74) is 0. The highest BCUT2D eigenvalue weighted by atomic mass is 79.9. The quantitative estimate of drug-likeness (QED) is 0.660. The van der Waals surface area contributed by atoms with Gasteiger partial charge in [-0.05, 0) is 6.92 Å².